The standard InChI is InChI=1S/C15H22N4O/c1-16-15(20)18-13-6-8-19(10-13)9-12-4-2-3-11-5-7-17-14(11)12/h2-4,13,17H,5-10H2,1H3,(H2,16,18,20). The molecule has 0 saturated carbocycles. The molecule has 0 bridgehead atoms. The number of fused-ring (bicyclic) bond motifs is 1. The number of nitrogens with one attached hydrogen (secondary N) is 3. The van der Waals surface area contributed by atoms with Crippen molar-refractivity contribution in [3.63, 3.8) is 0 Å². The Morgan fingerprint density at radius 1 is 1.50 bits per heavy atom. The lowest BCUT2D eigenvalue weighted by atomic mass is 10.1. The van der Waals surface area contributed by atoms with Crippen LogP contribution in [0.1, 0.15) is 17.5 Å². The molecule has 3 rings (SSSR count). The van der Waals surface area contributed by atoms with Crippen molar-refractivity contribution < 1.29 is 4.79 Å². The lowest BCUT2D eigenvalue weighted by Gasteiger charge is -2.18. The van der Waals surface area contributed by atoms with Crippen molar-refractivity contribution in [1.82, 2.24) is 15.5 Å². The molecule has 0 aromatic heterocycles. The van der Waals surface area contributed by atoms with E-state index < -0.39 is 0 Å². The number of likely N-dealkylation sites (tertiary alicyclic amines) is 1. The number of nitrogens with zero attached hydrogens (tertiary/aromatic N) is 1. The molecule has 1 fully saturated rings. The smallest absolute Gasteiger partial charge is 0.314 e. The minimum absolute atomic E-state index is 0.0841. The Kier molecular flexibility index (Phi) is 3.78. The molecule has 20 heavy (non-hydrogen) atoms. The first-order chi connectivity index (χ1) is 9.76. The number of hydrogen-bond acceptors (Lipinski definition) is 3. The van der Waals surface area contributed by atoms with E-state index in [0.717, 1.165) is 39.0 Å². The van der Waals surface area contributed by atoms with Crippen molar-refractivity contribution in [2.45, 2.75) is 25.4 Å². The van der Waals surface area contributed by atoms with Gasteiger partial charge in [0.25, 0.3) is 0 Å². The molecule has 2 aliphatic rings. The normalized spacial score (nSPS) is 21.4. The zero-order chi connectivity index (χ0) is 13.9. The third kappa shape index (κ3) is 2.72. The zero-order valence-electron chi connectivity index (χ0n) is 11.9. The van der Waals surface area contributed by atoms with Gasteiger partial charge in [-0.1, -0.05) is 18.2 Å². The van der Waals surface area contributed by atoms with E-state index in [1.807, 2.05) is 0 Å². The average Bonchev–Trinajstić information content (AvgIpc) is 3.08. The summed E-state index contributed by atoms with van der Waals surface area (Å²) >= 11 is 0. The van der Waals surface area contributed by atoms with Gasteiger partial charge in [-0.05, 0) is 24.0 Å². The highest BCUT2D eigenvalue weighted by Gasteiger charge is 2.24. The zero-order valence-corrected chi connectivity index (χ0v) is 11.9. The van der Waals surface area contributed by atoms with Crippen LogP contribution in [0.15, 0.2) is 18.2 Å². The van der Waals surface area contributed by atoms with E-state index in [4.69, 9.17) is 0 Å². The van der Waals surface area contributed by atoms with Crippen LogP contribution in [0.5, 0.6) is 0 Å². The molecule has 1 saturated heterocycles. The number of hydrogen-bond donors (Lipinski definition) is 3. The number of urea groups is 1. The van der Waals surface area contributed by atoms with Crippen molar-refractivity contribution in [1.29, 1.82) is 0 Å². The minimum Gasteiger partial charge on any atom is -0.384 e. The van der Waals surface area contributed by atoms with Crippen LogP contribution in [-0.2, 0) is 13.0 Å². The van der Waals surface area contributed by atoms with E-state index in [0.29, 0.717) is 0 Å². The van der Waals surface area contributed by atoms with Gasteiger partial charge in [0.05, 0.1) is 0 Å². The van der Waals surface area contributed by atoms with E-state index in [1.165, 1.54) is 16.8 Å². The fourth-order valence-corrected chi connectivity index (χ4v) is 3.14. The molecule has 2 aliphatic heterocycles. The number of anilines is 1. The van der Waals surface area contributed by atoms with Crippen LogP contribution in [0.25, 0.3) is 0 Å². The highest BCUT2D eigenvalue weighted by atomic mass is 16.2. The molecule has 1 aromatic carbocycles. The van der Waals surface area contributed by atoms with Crippen molar-refractivity contribution in [2.24, 2.45) is 0 Å². The number of para-hydroxylation sites is 1. The lowest BCUT2D eigenvalue weighted by molar-refractivity contribution is 0.238. The van der Waals surface area contributed by atoms with Crippen LogP contribution < -0.4 is 16.0 Å². The van der Waals surface area contributed by atoms with Crippen LogP contribution in [0.2, 0.25) is 0 Å². The Balaban J connectivity index is 1.60. The van der Waals surface area contributed by atoms with Gasteiger partial charge in [-0.3, -0.25) is 4.90 Å². The number of carbonyl (C=O) groups excluding carboxylic acids is 1. The summed E-state index contributed by atoms with van der Waals surface area (Å²) in [6.07, 6.45) is 2.15. The molecule has 5 heteroatoms. The molecular weight excluding hydrogens is 252 g/mol. The summed E-state index contributed by atoms with van der Waals surface area (Å²) in [5.74, 6) is 0. The summed E-state index contributed by atoms with van der Waals surface area (Å²) in [4.78, 5) is 13.7. The third-order valence-electron chi connectivity index (χ3n) is 4.16. The number of amides is 2. The second-order valence-electron chi connectivity index (χ2n) is 5.57. The molecule has 1 aromatic rings. The largest absolute Gasteiger partial charge is 0.384 e. The van der Waals surface area contributed by atoms with Crippen LogP contribution in [0, 0.1) is 0 Å². The Bertz CT molecular complexity index is 503. The maximum Gasteiger partial charge on any atom is 0.314 e. The molecule has 0 spiro atoms. The highest BCUT2D eigenvalue weighted by molar-refractivity contribution is 5.73. The SMILES string of the molecule is CNC(=O)NC1CCN(Cc2cccc3c2NCC3)C1. The third-order valence-corrected chi connectivity index (χ3v) is 4.16. The summed E-state index contributed by atoms with van der Waals surface area (Å²) in [7, 11) is 1.65. The Morgan fingerprint density at radius 2 is 2.40 bits per heavy atom. The Morgan fingerprint density at radius 3 is 3.25 bits per heavy atom. The number of carbonyl (C=O) groups is 1. The summed E-state index contributed by atoms with van der Waals surface area (Å²) < 4.78 is 0. The van der Waals surface area contributed by atoms with Gasteiger partial charge in [-0.15, -0.1) is 0 Å². The van der Waals surface area contributed by atoms with Crippen LogP contribution in [0.4, 0.5) is 10.5 Å². The molecule has 3 N–H and O–H groups in total. The first kappa shape index (κ1) is 13.2. The van der Waals surface area contributed by atoms with Gasteiger partial charge in [0.1, 0.15) is 0 Å². The van der Waals surface area contributed by atoms with Gasteiger partial charge in [-0.2, -0.15) is 0 Å². The molecule has 1 atom stereocenters. The van der Waals surface area contributed by atoms with E-state index >= 15 is 0 Å². The van der Waals surface area contributed by atoms with Crippen LogP contribution in [-0.4, -0.2) is 43.7 Å². The molecule has 0 aliphatic carbocycles. The van der Waals surface area contributed by atoms with E-state index in [9.17, 15) is 4.79 Å². The summed E-state index contributed by atoms with van der Waals surface area (Å²) in [6, 6.07) is 6.74. The van der Waals surface area contributed by atoms with Gasteiger partial charge in [0, 0.05) is 45.0 Å². The van der Waals surface area contributed by atoms with Gasteiger partial charge < -0.3 is 16.0 Å². The van der Waals surface area contributed by atoms with Gasteiger partial charge in [0.2, 0.25) is 0 Å². The van der Waals surface area contributed by atoms with E-state index in [-0.39, 0.29) is 12.1 Å². The minimum atomic E-state index is -0.0841. The Labute approximate surface area is 119 Å². The van der Waals surface area contributed by atoms with Gasteiger partial charge in [0.15, 0.2) is 0 Å². The lowest BCUT2D eigenvalue weighted by Crippen LogP contribution is -2.41. The summed E-state index contributed by atoms with van der Waals surface area (Å²) in [6.45, 7) is 3.98. The van der Waals surface area contributed by atoms with Crippen molar-refractivity contribution in [3.05, 3.63) is 29.3 Å². The monoisotopic (exact) mass is 274 g/mol. The highest BCUT2D eigenvalue weighted by Crippen LogP contribution is 2.28. The Hall–Kier alpha value is -1.75. The van der Waals surface area contributed by atoms with E-state index in [2.05, 4.69) is 39.0 Å². The summed E-state index contributed by atoms with van der Waals surface area (Å²) in [5, 5.41) is 9.09. The maximum absolute atomic E-state index is 11.3. The van der Waals surface area contributed by atoms with Gasteiger partial charge >= 0.3 is 6.03 Å². The number of benzene rings is 1. The number of rotatable bonds is 3. The predicted molar refractivity (Wildman–Crippen MR) is 79.9 cm³/mol. The molecular formula is C15H22N4O. The van der Waals surface area contributed by atoms with Crippen molar-refractivity contribution in [3.8, 4) is 0 Å². The molecule has 0 radical (unpaired) electrons. The van der Waals surface area contributed by atoms with Crippen LogP contribution in [0.3, 0.4) is 0 Å². The van der Waals surface area contributed by atoms with Crippen LogP contribution >= 0.6 is 0 Å². The maximum atomic E-state index is 11.3. The molecule has 5 nitrogen and oxygen atoms in total. The van der Waals surface area contributed by atoms with Gasteiger partial charge in [-0.25, -0.2) is 4.79 Å². The average molecular weight is 274 g/mol. The summed E-state index contributed by atoms with van der Waals surface area (Å²) in [5.41, 5.74) is 4.14. The first-order valence-corrected chi connectivity index (χ1v) is 7.31. The quantitative estimate of drug-likeness (QED) is 0.775. The topological polar surface area (TPSA) is 56.4 Å². The molecule has 1 unspecified atom stereocenters. The second-order valence-corrected chi connectivity index (χ2v) is 5.57. The predicted octanol–water partition coefficient (Wildman–Crippen LogP) is 1.16. The molecule has 2 heterocycles. The molecule has 108 valence electrons. The first-order valence-electron chi connectivity index (χ1n) is 7.31. The fraction of sp³-hybridized carbons (Fsp3) is 0.533. The molecule has 2 amide bonds. The fourth-order valence-electron chi connectivity index (χ4n) is 3.14. The van der Waals surface area contributed by atoms with Crippen molar-refractivity contribution >= 4 is 11.7 Å². The van der Waals surface area contributed by atoms with Crippen molar-refractivity contribution in [2.75, 3.05) is 32.0 Å². The van der Waals surface area contributed by atoms with E-state index in [1.54, 1.807) is 7.05 Å². The second kappa shape index (κ2) is 5.71.